The predicted octanol–water partition coefficient (Wildman–Crippen LogP) is 0.275. The SMILES string of the molecule is COc1cc(OC)[n+](S(=O)(=O)c2ccccn2)c(OC(C(=O)O)C(C)(C)OC)n1. The number of rotatable bonds is 9. The zero-order valence-electron chi connectivity index (χ0n) is 16.5. The third-order valence-electron chi connectivity index (χ3n) is 3.99. The van der Waals surface area contributed by atoms with Crippen LogP contribution in [0.2, 0.25) is 0 Å². The Morgan fingerprint density at radius 2 is 1.90 bits per heavy atom. The van der Waals surface area contributed by atoms with Crippen molar-refractivity contribution >= 4 is 16.0 Å². The van der Waals surface area contributed by atoms with Gasteiger partial charge in [-0.1, -0.05) is 6.07 Å². The van der Waals surface area contributed by atoms with E-state index in [0.29, 0.717) is 3.97 Å². The number of carboxylic acid groups (broad SMARTS) is 1. The molecule has 2 aromatic rings. The van der Waals surface area contributed by atoms with Gasteiger partial charge in [-0.25, -0.2) is 9.78 Å². The number of aromatic nitrogens is 3. The Morgan fingerprint density at radius 1 is 1.21 bits per heavy atom. The number of ether oxygens (including phenoxy) is 4. The Labute approximate surface area is 167 Å². The normalized spacial score (nSPS) is 12.9. The lowest BCUT2D eigenvalue weighted by Gasteiger charge is -2.28. The second kappa shape index (κ2) is 8.57. The molecular weight excluding hydrogens is 406 g/mol. The number of hydrogen-bond acceptors (Lipinski definition) is 9. The molecule has 0 aliphatic heterocycles. The number of aliphatic carboxylic acids is 1. The second-order valence-electron chi connectivity index (χ2n) is 6.20. The molecule has 12 heteroatoms. The van der Waals surface area contributed by atoms with Gasteiger partial charge in [-0.05, 0) is 30.0 Å². The minimum Gasteiger partial charge on any atom is -0.478 e. The van der Waals surface area contributed by atoms with Crippen LogP contribution in [-0.4, -0.2) is 62.5 Å². The van der Waals surface area contributed by atoms with Gasteiger partial charge in [0.1, 0.15) is 11.7 Å². The van der Waals surface area contributed by atoms with Crippen molar-refractivity contribution in [2.75, 3.05) is 21.3 Å². The first-order chi connectivity index (χ1) is 13.6. The molecule has 0 amide bonds. The smallest absolute Gasteiger partial charge is 0.478 e. The maximum Gasteiger partial charge on any atom is 0.522 e. The summed E-state index contributed by atoms with van der Waals surface area (Å²) in [6.45, 7) is 2.95. The topological polar surface area (TPSA) is 138 Å². The fourth-order valence-electron chi connectivity index (χ4n) is 2.27. The molecule has 0 saturated heterocycles. The summed E-state index contributed by atoms with van der Waals surface area (Å²) in [6.07, 6.45) is -0.312. The van der Waals surface area contributed by atoms with E-state index in [9.17, 15) is 18.3 Å². The minimum atomic E-state index is -4.36. The molecule has 1 N–H and O–H groups in total. The van der Waals surface area contributed by atoms with Gasteiger partial charge in [-0.2, -0.15) is 8.42 Å². The average molecular weight is 428 g/mol. The first kappa shape index (κ1) is 22.3. The third-order valence-corrected chi connectivity index (χ3v) is 5.58. The number of carbonyl (C=O) groups is 1. The Hall–Kier alpha value is -2.99. The second-order valence-corrected chi connectivity index (χ2v) is 7.94. The molecule has 0 bridgehead atoms. The van der Waals surface area contributed by atoms with E-state index in [2.05, 4.69) is 9.97 Å². The van der Waals surface area contributed by atoms with Gasteiger partial charge in [0.05, 0.1) is 14.2 Å². The van der Waals surface area contributed by atoms with E-state index >= 15 is 0 Å². The molecule has 0 aliphatic carbocycles. The molecule has 2 rings (SSSR count). The van der Waals surface area contributed by atoms with Gasteiger partial charge < -0.3 is 24.1 Å². The van der Waals surface area contributed by atoms with Gasteiger partial charge in [-0.15, -0.1) is 0 Å². The maximum atomic E-state index is 13.2. The quantitative estimate of drug-likeness (QED) is 0.554. The molecule has 0 aromatic carbocycles. The highest BCUT2D eigenvalue weighted by Gasteiger charge is 2.44. The molecule has 2 aromatic heterocycles. The summed E-state index contributed by atoms with van der Waals surface area (Å²) < 4.78 is 47.9. The van der Waals surface area contributed by atoms with Gasteiger partial charge in [0.2, 0.25) is 6.10 Å². The van der Waals surface area contributed by atoms with Crippen molar-refractivity contribution in [3.63, 3.8) is 0 Å². The van der Waals surface area contributed by atoms with Crippen LogP contribution in [0.15, 0.2) is 35.5 Å². The van der Waals surface area contributed by atoms with Crippen LogP contribution in [0.5, 0.6) is 17.8 Å². The van der Waals surface area contributed by atoms with Crippen LogP contribution in [0.1, 0.15) is 13.8 Å². The van der Waals surface area contributed by atoms with Gasteiger partial charge >= 0.3 is 33.8 Å². The van der Waals surface area contributed by atoms with Crippen LogP contribution >= 0.6 is 0 Å². The van der Waals surface area contributed by atoms with Gasteiger partial charge in [0.25, 0.3) is 0 Å². The van der Waals surface area contributed by atoms with Crippen LogP contribution in [0.3, 0.4) is 0 Å². The van der Waals surface area contributed by atoms with Crippen molar-refractivity contribution in [2.45, 2.75) is 30.6 Å². The summed E-state index contributed by atoms with van der Waals surface area (Å²) in [4.78, 5) is 19.6. The molecule has 158 valence electrons. The molecule has 11 nitrogen and oxygen atoms in total. The highest BCUT2D eigenvalue weighted by atomic mass is 32.2. The molecule has 1 unspecified atom stereocenters. The Morgan fingerprint density at radius 3 is 2.38 bits per heavy atom. The van der Waals surface area contributed by atoms with E-state index in [1.165, 1.54) is 59.6 Å². The molecule has 0 spiro atoms. The van der Waals surface area contributed by atoms with Crippen molar-refractivity contribution in [1.82, 2.24) is 9.97 Å². The fraction of sp³-hybridized carbons (Fsp3) is 0.412. The molecule has 1 atom stereocenters. The minimum absolute atomic E-state index is 0.0521. The lowest BCUT2D eigenvalue weighted by molar-refractivity contribution is -0.536. The van der Waals surface area contributed by atoms with Gasteiger partial charge in [0.15, 0.2) is 5.03 Å². The van der Waals surface area contributed by atoms with Gasteiger partial charge in [0, 0.05) is 18.3 Å². The molecule has 0 saturated carbocycles. The highest BCUT2D eigenvalue weighted by Crippen LogP contribution is 2.24. The van der Waals surface area contributed by atoms with Crippen LogP contribution in [0, 0.1) is 0 Å². The molecule has 2 heterocycles. The lowest BCUT2D eigenvalue weighted by Crippen LogP contribution is -2.52. The van der Waals surface area contributed by atoms with Crippen molar-refractivity contribution < 1.29 is 41.2 Å². The first-order valence-corrected chi connectivity index (χ1v) is 9.68. The number of nitrogens with zero attached hydrogens (tertiary/aromatic N) is 3. The number of methoxy groups -OCH3 is 3. The Kier molecular flexibility index (Phi) is 6.59. The van der Waals surface area contributed by atoms with Crippen molar-refractivity contribution in [1.29, 1.82) is 0 Å². The number of carboxylic acids is 1. The largest absolute Gasteiger partial charge is 0.522 e. The van der Waals surface area contributed by atoms with E-state index in [0.717, 1.165) is 0 Å². The van der Waals surface area contributed by atoms with Crippen molar-refractivity contribution in [3.8, 4) is 17.8 Å². The van der Waals surface area contributed by atoms with Gasteiger partial charge in [-0.3, -0.25) is 0 Å². The van der Waals surface area contributed by atoms with E-state index in [4.69, 9.17) is 18.9 Å². The Bertz CT molecular complexity index is 980. The van der Waals surface area contributed by atoms with E-state index < -0.39 is 33.7 Å². The number of pyridine rings is 1. The summed E-state index contributed by atoms with van der Waals surface area (Å²) in [5, 5.41) is 9.28. The van der Waals surface area contributed by atoms with Crippen LogP contribution in [-0.2, 0) is 19.6 Å². The molecule has 0 fully saturated rings. The summed E-state index contributed by atoms with van der Waals surface area (Å²) in [6, 6.07) is 4.92. The Balaban J connectivity index is 2.75. The summed E-state index contributed by atoms with van der Waals surface area (Å²) >= 11 is 0. The van der Waals surface area contributed by atoms with E-state index in [-0.39, 0.29) is 16.8 Å². The standard InChI is InChI=1S/C17H21N3O8S/c1-17(2,27-5)14(15(21)22)28-16-19-11(25-3)10-13(26-4)20(16)29(23,24)12-8-6-7-9-18-12/h6-10,14H,1-5H3/p+1. The monoisotopic (exact) mass is 428 g/mol. The van der Waals surface area contributed by atoms with Crippen LogP contribution < -0.4 is 18.2 Å². The summed E-state index contributed by atoms with van der Waals surface area (Å²) in [7, 11) is -0.519. The predicted molar refractivity (Wildman–Crippen MR) is 97.5 cm³/mol. The number of hydrogen-bond donors (Lipinski definition) is 1. The van der Waals surface area contributed by atoms with Crippen LogP contribution in [0.4, 0.5) is 0 Å². The van der Waals surface area contributed by atoms with E-state index in [1.54, 1.807) is 6.07 Å². The average Bonchev–Trinajstić information content (AvgIpc) is 2.71. The highest BCUT2D eigenvalue weighted by molar-refractivity contribution is 7.85. The third kappa shape index (κ3) is 4.54. The molecule has 29 heavy (non-hydrogen) atoms. The molecular formula is C17H22N3O8S+. The first-order valence-electron chi connectivity index (χ1n) is 8.24. The van der Waals surface area contributed by atoms with Crippen molar-refractivity contribution in [2.24, 2.45) is 0 Å². The lowest BCUT2D eigenvalue weighted by atomic mass is 10.0. The van der Waals surface area contributed by atoms with Crippen molar-refractivity contribution in [3.05, 3.63) is 30.5 Å². The molecule has 0 aliphatic rings. The van der Waals surface area contributed by atoms with E-state index in [1.807, 2.05) is 0 Å². The summed E-state index contributed by atoms with van der Waals surface area (Å²) in [5.41, 5.74) is -1.32. The maximum absolute atomic E-state index is 13.2. The summed E-state index contributed by atoms with van der Waals surface area (Å²) in [5.74, 6) is -1.66. The zero-order valence-corrected chi connectivity index (χ0v) is 17.3. The molecule has 0 radical (unpaired) electrons. The zero-order chi connectivity index (χ0) is 21.8. The fourth-order valence-corrected chi connectivity index (χ4v) is 3.55. The van der Waals surface area contributed by atoms with Crippen LogP contribution in [0.25, 0.3) is 0 Å².